The Kier molecular flexibility index (Phi) is 4.83. The maximum Gasteiger partial charge on any atom is 0.246 e. The molecule has 6 heteroatoms. The minimum Gasteiger partial charge on any atom is -0.497 e. The Morgan fingerprint density at radius 1 is 1.25 bits per heavy atom. The summed E-state index contributed by atoms with van der Waals surface area (Å²) in [4.78, 5) is 14.6. The van der Waals surface area contributed by atoms with Crippen molar-refractivity contribution in [2.75, 3.05) is 7.11 Å². The summed E-state index contributed by atoms with van der Waals surface area (Å²) in [7, 11) is 1.65. The van der Waals surface area contributed by atoms with Gasteiger partial charge < -0.3 is 14.2 Å². The molecule has 1 amide bonds. The fraction of sp³-hybridized carbons (Fsp3) is 0.500. The van der Waals surface area contributed by atoms with Gasteiger partial charge in [0.2, 0.25) is 5.91 Å². The smallest absolute Gasteiger partial charge is 0.246 e. The number of unbranched alkanes of at least 4 members (excludes halogenated alkanes) is 1. The lowest BCUT2D eigenvalue weighted by atomic mass is 10.1. The molecule has 0 spiro atoms. The fourth-order valence-electron chi connectivity index (χ4n) is 3.13. The number of ether oxygens (including phenoxy) is 1. The second kappa shape index (κ2) is 7.03. The third-order valence-corrected chi connectivity index (χ3v) is 4.51. The Labute approximate surface area is 142 Å². The summed E-state index contributed by atoms with van der Waals surface area (Å²) in [6.07, 6.45) is 3.04. The van der Waals surface area contributed by atoms with E-state index in [1.165, 1.54) is 0 Å². The van der Waals surface area contributed by atoms with Gasteiger partial charge in [-0.1, -0.05) is 25.5 Å². The lowest BCUT2D eigenvalue weighted by molar-refractivity contribution is -0.137. The monoisotopic (exact) mass is 328 g/mol. The van der Waals surface area contributed by atoms with Gasteiger partial charge in [0.1, 0.15) is 17.6 Å². The summed E-state index contributed by atoms with van der Waals surface area (Å²) in [6.45, 7) is 5.17. The van der Waals surface area contributed by atoms with E-state index < -0.39 is 0 Å². The van der Waals surface area contributed by atoms with E-state index in [1.807, 2.05) is 40.7 Å². The Bertz CT molecular complexity index is 708. The molecule has 0 aliphatic carbocycles. The van der Waals surface area contributed by atoms with E-state index in [-0.39, 0.29) is 11.9 Å². The van der Waals surface area contributed by atoms with E-state index in [9.17, 15) is 4.79 Å². The van der Waals surface area contributed by atoms with E-state index in [1.54, 1.807) is 7.11 Å². The second-order valence-electron chi connectivity index (χ2n) is 6.22. The van der Waals surface area contributed by atoms with Gasteiger partial charge in [0.25, 0.3) is 0 Å². The Balaban J connectivity index is 1.77. The van der Waals surface area contributed by atoms with Crippen LogP contribution in [-0.2, 0) is 24.3 Å². The van der Waals surface area contributed by atoms with Gasteiger partial charge in [0, 0.05) is 13.0 Å². The molecule has 6 nitrogen and oxygen atoms in total. The molecule has 0 saturated carbocycles. The zero-order valence-electron chi connectivity index (χ0n) is 14.5. The van der Waals surface area contributed by atoms with E-state index in [4.69, 9.17) is 4.74 Å². The molecule has 0 bridgehead atoms. The van der Waals surface area contributed by atoms with Crippen LogP contribution in [-0.4, -0.2) is 32.7 Å². The Morgan fingerprint density at radius 2 is 2.00 bits per heavy atom. The first-order valence-corrected chi connectivity index (χ1v) is 8.48. The minimum atomic E-state index is -0.242. The van der Waals surface area contributed by atoms with Crippen molar-refractivity contribution >= 4 is 5.91 Å². The molecule has 1 aliphatic heterocycles. The summed E-state index contributed by atoms with van der Waals surface area (Å²) in [5, 5.41) is 8.61. The lowest BCUT2D eigenvalue weighted by Crippen LogP contribution is -2.41. The van der Waals surface area contributed by atoms with Crippen LogP contribution in [0.4, 0.5) is 0 Å². The van der Waals surface area contributed by atoms with Crippen molar-refractivity contribution < 1.29 is 9.53 Å². The minimum absolute atomic E-state index is 0.121. The van der Waals surface area contributed by atoms with Gasteiger partial charge in [-0.15, -0.1) is 10.2 Å². The standard InChI is InChI=1S/C18H24N4O2/c1-4-5-6-16-19-20-17-12-21(18(23)13(2)22(16)17)11-14-7-9-15(24-3)10-8-14/h7-10,13H,4-6,11-12H2,1-3H3/t13-/m0/s1. The van der Waals surface area contributed by atoms with E-state index in [0.29, 0.717) is 13.1 Å². The first-order chi connectivity index (χ1) is 11.6. The molecule has 1 aromatic carbocycles. The molecule has 2 heterocycles. The highest BCUT2D eigenvalue weighted by atomic mass is 16.5. The van der Waals surface area contributed by atoms with Crippen molar-refractivity contribution in [1.82, 2.24) is 19.7 Å². The van der Waals surface area contributed by atoms with Crippen LogP contribution in [0.1, 0.15) is 49.9 Å². The average Bonchev–Trinajstić information content (AvgIpc) is 3.01. The molecular weight excluding hydrogens is 304 g/mol. The fourth-order valence-corrected chi connectivity index (χ4v) is 3.13. The van der Waals surface area contributed by atoms with Crippen LogP contribution in [0.5, 0.6) is 5.75 Å². The molecule has 0 saturated heterocycles. The Hall–Kier alpha value is -2.37. The molecule has 1 atom stereocenters. The highest BCUT2D eigenvalue weighted by Gasteiger charge is 2.32. The number of hydrogen-bond acceptors (Lipinski definition) is 4. The maximum absolute atomic E-state index is 12.8. The number of aryl methyl sites for hydroxylation is 1. The normalized spacial score (nSPS) is 17.0. The highest BCUT2D eigenvalue weighted by Crippen LogP contribution is 2.25. The van der Waals surface area contributed by atoms with Crippen LogP contribution in [0.25, 0.3) is 0 Å². The zero-order valence-corrected chi connectivity index (χ0v) is 14.5. The van der Waals surface area contributed by atoms with Crippen LogP contribution < -0.4 is 4.74 Å². The number of benzene rings is 1. The van der Waals surface area contributed by atoms with Gasteiger partial charge in [0.15, 0.2) is 5.82 Å². The van der Waals surface area contributed by atoms with Crippen LogP contribution in [0, 0.1) is 0 Å². The van der Waals surface area contributed by atoms with Crippen molar-refractivity contribution in [2.45, 2.75) is 52.2 Å². The molecule has 1 aliphatic rings. The Morgan fingerprint density at radius 3 is 2.67 bits per heavy atom. The highest BCUT2D eigenvalue weighted by molar-refractivity contribution is 5.81. The SMILES string of the molecule is CCCCc1nnc2n1[C@@H](C)C(=O)N(Cc1ccc(OC)cc1)C2. The maximum atomic E-state index is 12.8. The number of carbonyl (C=O) groups is 1. The molecule has 0 fully saturated rings. The number of fused-ring (bicyclic) bond motifs is 1. The van der Waals surface area contributed by atoms with Crippen molar-refractivity contribution in [3.05, 3.63) is 41.5 Å². The summed E-state index contributed by atoms with van der Waals surface area (Å²) in [5.74, 6) is 2.74. The number of carbonyl (C=O) groups excluding carboxylic acids is 1. The molecule has 0 radical (unpaired) electrons. The topological polar surface area (TPSA) is 60.2 Å². The van der Waals surface area contributed by atoms with E-state index >= 15 is 0 Å². The molecule has 128 valence electrons. The van der Waals surface area contributed by atoms with Gasteiger partial charge in [-0.25, -0.2) is 0 Å². The van der Waals surface area contributed by atoms with Crippen LogP contribution in [0.3, 0.4) is 0 Å². The molecule has 3 rings (SSSR count). The van der Waals surface area contributed by atoms with E-state index in [0.717, 1.165) is 42.2 Å². The van der Waals surface area contributed by atoms with Crippen molar-refractivity contribution in [2.24, 2.45) is 0 Å². The van der Waals surface area contributed by atoms with Gasteiger partial charge >= 0.3 is 0 Å². The largest absolute Gasteiger partial charge is 0.497 e. The number of aromatic nitrogens is 3. The molecule has 24 heavy (non-hydrogen) atoms. The van der Waals surface area contributed by atoms with Crippen molar-refractivity contribution in [1.29, 1.82) is 0 Å². The quantitative estimate of drug-likeness (QED) is 0.818. The number of methoxy groups -OCH3 is 1. The molecule has 1 aromatic heterocycles. The second-order valence-corrected chi connectivity index (χ2v) is 6.22. The summed E-state index contributed by atoms with van der Waals surface area (Å²) >= 11 is 0. The molecular formula is C18H24N4O2. The predicted molar refractivity (Wildman–Crippen MR) is 90.6 cm³/mol. The molecule has 2 aromatic rings. The van der Waals surface area contributed by atoms with Gasteiger partial charge in [0.05, 0.1) is 13.7 Å². The third-order valence-electron chi connectivity index (χ3n) is 4.51. The van der Waals surface area contributed by atoms with Crippen LogP contribution in [0.2, 0.25) is 0 Å². The number of nitrogens with zero attached hydrogens (tertiary/aromatic N) is 4. The summed E-state index contributed by atoms with van der Waals surface area (Å²) < 4.78 is 7.19. The van der Waals surface area contributed by atoms with E-state index in [2.05, 4.69) is 17.1 Å². The average molecular weight is 328 g/mol. The number of hydrogen-bond donors (Lipinski definition) is 0. The summed E-state index contributed by atoms with van der Waals surface area (Å²) in [6, 6.07) is 7.57. The van der Waals surface area contributed by atoms with Crippen molar-refractivity contribution in [3.63, 3.8) is 0 Å². The van der Waals surface area contributed by atoms with Crippen LogP contribution >= 0.6 is 0 Å². The van der Waals surface area contributed by atoms with Gasteiger partial charge in [-0.3, -0.25) is 4.79 Å². The van der Waals surface area contributed by atoms with Crippen LogP contribution in [0.15, 0.2) is 24.3 Å². The lowest BCUT2D eigenvalue weighted by Gasteiger charge is -2.32. The van der Waals surface area contributed by atoms with Gasteiger partial charge in [-0.2, -0.15) is 0 Å². The number of amides is 1. The van der Waals surface area contributed by atoms with Crippen molar-refractivity contribution in [3.8, 4) is 5.75 Å². The summed E-state index contributed by atoms with van der Waals surface area (Å²) in [5.41, 5.74) is 1.08. The first kappa shape index (κ1) is 16.5. The predicted octanol–water partition coefficient (Wildman–Crippen LogP) is 2.73. The molecule has 0 unspecified atom stereocenters. The number of rotatable bonds is 6. The molecule has 0 N–H and O–H groups in total. The zero-order chi connectivity index (χ0) is 17.1. The third kappa shape index (κ3) is 3.13. The first-order valence-electron chi connectivity index (χ1n) is 8.48. The van der Waals surface area contributed by atoms with Gasteiger partial charge in [-0.05, 0) is 31.0 Å².